The van der Waals surface area contributed by atoms with Gasteiger partial charge in [-0.3, -0.25) is 4.79 Å². The van der Waals surface area contributed by atoms with E-state index in [2.05, 4.69) is 11.2 Å². The lowest BCUT2D eigenvalue weighted by Crippen LogP contribution is -2.42. The largest absolute Gasteiger partial charge is 0.398 e. The molecule has 0 aliphatic heterocycles. The van der Waals surface area contributed by atoms with Gasteiger partial charge in [0, 0.05) is 10.7 Å². The van der Waals surface area contributed by atoms with Crippen LogP contribution in [0.3, 0.4) is 0 Å². The van der Waals surface area contributed by atoms with Crippen molar-refractivity contribution in [2.45, 2.75) is 19.4 Å². The maximum Gasteiger partial charge on any atom is 0.254 e. The zero-order valence-electron chi connectivity index (χ0n) is 9.17. The summed E-state index contributed by atoms with van der Waals surface area (Å²) >= 11 is 5.74. The van der Waals surface area contributed by atoms with Gasteiger partial charge in [0.25, 0.3) is 5.91 Å². The molecule has 1 aromatic carbocycles. The summed E-state index contributed by atoms with van der Waals surface area (Å²) in [5.74, 6) is 2.17. The predicted octanol–water partition coefficient (Wildman–Crippen LogP) is 2.06. The minimum Gasteiger partial charge on any atom is -0.398 e. The van der Waals surface area contributed by atoms with Crippen LogP contribution >= 0.6 is 11.6 Å². The molecular formula is C12H13ClN2O. The third-order valence-corrected chi connectivity index (χ3v) is 2.28. The lowest BCUT2D eigenvalue weighted by atomic mass is 10.1. The van der Waals surface area contributed by atoms with E-state index in [0.29, 0.717) is 16.3 Å². The average molecular weight is 237 g/mol. The SMILES string of the molecule is C#CC(C)(C)NC(=O)c1ccc(Cl)cc1N. The molecule has 0 aliphatic carbocycles. The molecule has 16 heavy (non-hydrogen) atoms. The number of nitrogen functional groups attached to an aromatic ring is 1. The summed E-state index contributed by atoms with van der Waals surface area (Å²) in [7, 11) is 0. The van der Waals surface area contributed by atoms with Crippen LogP contribution in [0.2, 0.25) is 5.02 Å². The number of amides is 1. The molecule has 0 heterocycles. The number of nitrogens with two attached hydrogens (primary N) is 1. The van der Waals surface area contributed by atoms with Crippen molar-refractivity contribution < 1.29 is 4.79 Å². The summed E-state index contributed by atoms with van der Waals surface area (Å²) in [6.45, 7) is 3.47. The molecule has 1 rings (SSSR count). The Hall–Kier alpha value is -1.66. The summed E-state index contributed by atoms with van der Waals surface area (Å²) in [6, 6.07) is 4.70. The average Bonchev–Trinajstić information content (AvgIpc) is 2.16. The third-order valence-electron chi connectivity index (χ3n) is 2.05. The number of benzene rings is 1. The Balaban J connectivity index is 2.95. The van der Waals surface area contributed by atoms with Gasteiger partial charge in [-0.2, -0.15) is 0 Å². The van der Waals surface area contributed by atoms with Crippen molar-refractivity contribution in [1.82, 2.24) is 5.32 Å². The monoisotopic (exact) mass is 236 g/mol. The van der Waals surface area contributed by atoms with Gasteiger partial charge in [-0.05, 0) is 32.0 Å². The number of nitrogens with one attached hydrogen (secondary N) is 1. The van der Waals surface area contributed by atoms with E-state index in [4.69, 9.17) is 23.8 Å². The summed E-state index contributed by atoms with van der Waals surface area (Å²) in [6.07, 6.45) is 5.28. The first kappa shape index (κ1) is 12.4. The second-order valence-corrected chi connectivity index (χ2v) is 4.39. The Morgan fingerprint density at radius 3 is 2.69 bits per heavy atom. The molecule has 0 spiro atoms. The fourth-order valence-electron chi connectivity index (χ4n) is 1.13. The van der Waals surface area contributed by atoms with Gasteiger partial charge in [0.2, 0.25) is 0 Å². The second-order valence-electron chi connectivity index (χ2n) is 3.96. The van der Waals surface area contributed by atoms with Gasteiger partial charge < -0.3 is 11.1 Å². The number of carbonyl (C=O) groups excluding carboxylic acids is 1. The van der Waals surface area contributed by atoms with E-state index in [0.717, 1.165) is 0 Å². The van der Waals surface area contributed by atoms with E-state index in [1.807, 2.05) is 0 Å². The highest BCUT2D eigenvalue weighted by Crippen LogP contribution is 2.18. The van der Waals surface area contributed by atoms with Gasteiger partial charge >= 0.3 is 0 Å². The van der Waals surface area contributed by atoms with Crippen LogP contribution in [0, 0.1) is 12.3 Å². The highest BCUT2D eigenvalue weighted by atomic mass is 35.5. The van der Waals surface area contributed by atoms with E-state index in [-0.39, 0.29) is 5.91 Å². The van der Waals surface area contributed by atoms with Crippen molar-refractivity contribution in [2.24, 2.45) is 0 Å². The number of carbonyl (C=O) groups is 1. The first-order valence-electron chi connectivity index (χ1n) is 4.71. The molecule has 0 aromatic heterocycles. The van der Waals surface area contributed by atoms with Gasteiger partial charge in [-0.15, -0.1) is 6.42 Å². The van der Waals surface area contributed by atoms with Crippen LogP contribution in [-0.2, 0) is 0 Å². The van der Waals surface area contributed by atoms with Crippen molar-refractivity contribution in [3.63, 3.8) is 0 Å². The molecule has 0 atom stereocenters. The Kier molecular flexibility index (Phi) is 3.46. The molecular weight excluding hydrogens is 224 g/mol. The van der Waals surface area contributed by atoms with Crippen LogP contribution in [0.4, 0.5) is 5.69 Å². The molecule has 0 aliphatic rings. The molecule has 1 amide bonds. The number of hydrogen-bond donors (Lipinski definition) is 2. The smallest absolute Gasteiger partial charge is 0.254 e. The molecule has 0 bridgehead atoms. The van der Waals surface area contributed by atoms with Crippen LogP contribution in [0.1, 0.15) is 24.2 Å². The maximum atomic E-state index is 11.8. The molecule has 1 aromatic rings. The lowest BCUT2D eigenvalue weighted by Gasteiger charge is -2.20. The van der Waals surface area contributed by atoms with E-state index in [9.17, 15) is 4.79 Å². The summed E-state index contributed by atoms with van der Waals surface area (Å²) < 4.78 is 0. The predicted molar refractivity (Wildman–Crippen MR) is 66.2 cm³/mol. The number of anilines is 1. The first-order valence-corrected chi connectivity index (χ1v) is 5.09. The Morgan fingerprint density at radius 1 is 1.56 bits per heavy atom. The van der Waals surface area contributed by atoms with E-state index in [1.165, 1.54) is 6.07 Å². The number of hydrogen-bond acceptors (Lipinski definition) is 2. The summed E-state index contributed by atoms with van der Waals surface area (Å²) in [4.78, 5) is 11.8. The molecule has 84 valence electrons. The normalized spacial score (nSPS) is 10.6. The van der Waals surface area contributed by atoms with Gasteiger partial charge in [0.05, 0.1) is 11.1 Å². The maximum absolute atomic E-state index is 11.8. The van der Waals surface area contributed by atoms with Crippen LogP contribution < -0.4 is 11.1 Å². The van der Waals surface area contributed by atoms with Gasteiger partial charge in [-0.25, -0.2) is 0 Å². The van der Waals surface area contributed by atoms with Crippen molar-refractivity contribution in [3.8, 4) is 12.3 Å². The highest BCUT2D eigenvalue weighted by Gasteiger charge is 2.19. The Bertz CT molecular complexity index is 461. The minimum absolute atomic E-state index is 0.308. The fraction of sp³-hybridized carbons (Fsp3) is 0.250. The summed E-state index contributed by atoms with van der Waals surface area (Å²) in [5, 5.41) is 3.18. The van der Waals surface area contributed by atoms with Gasteiger partial charge in [-0.1, -0.05) is 17.5 Å². The molecule has 3 N–H and O–H groups in total. The molecule has 0 saturated heterocycles. The molecule has 3 nitrogen and oxygen atoms in total. The number of halogens is 1. The van der Waals surface area contributed by atoms with Gasteiger partial charge in [0.1, 0.15) is 0 Å². The van der Waals surface area contributed by atoms with E-state index < -0.39 is 5.54 Å². The fourth-order valence-corrected chi connectivity index (χ4v) is 1.31. The minimum atomic E-state index is -0.705. The van der Waals surface area contributed by atoms with Gasteiger partial charge in [0.15, 0.2) is 0 Å². The van der Waals surface area contributed by atoms with Crippen molar-refractivity contribution in [1.29, 1.82) is 0 Å². The second kappa shape index (κ2) is 4.46. The molecule has 0 fully saturated rings. The van der Waals surface area contributed by atoms with Crippen LogP contribution in [-0.4, -0.2) is 11.4 Å². The molecule has 0 saturated carbocycles. The standard InChI is InChI=1S/C12H13ClN2O/c1-4-12(2,3)15-11(16)9-6-5-8(13)7-10(9)14/h1,5-7H,14H2,2-3H3,(H,15,16). The topological polar surface area (TPSA) is 55.1 Å². The number of terminal acetylenes is 1. The zero-order valence-corrected chi connectivity index (χ0v) is 9.93. The Labute approximate surface area is 100.0 Å². The van der Waals surface area contributed by atoms with Crippen molar-refractivity contribution in [2.75, 3.05) is 5.73 Å². The van der Waals surface area contributed by atoms with Crippen LogP contribution in [0.15, 0.2) is 18.2 Å². The first-order chi connectivity index (χ1) is 7.35. The van der Waals surface area contributed by atoms with Crippen molar-refractivity contribution in [3.05, 3.63) is 28.8 Å². The quantitative estimate of drug-likeness (QED) is 0.610. The van der Waals surface area contributed by atoms with E-state index in [1.54, 1.807) is 26.0 Å². The molecule has 0 unspecified atom stereocenters. The Morgan fingerprint density at radius 2 is 2.19 bits per heavy atom. The molecule has 4 heteroatoms. The van der Waals surface area contributed by atoms with E-state index >= 15 is 0 Å². The third kappa shape index (κ3) is 2.91. The highest BCUT2D eigenvalue weighted by molar-refractivity contribution is 6.31. The lowest BCUT2D eigenvalue weighted by molar-refractivity contribution is 0.0931. The van der Waals surface area contributed by atoms with Crippen molar-refractivity contribution >= 4 is 23.2 Å². The zero-order chi connectivity index (χ0) is 12.3. The summed E-state index contributed by atoms with van der Waals surface area (Å²) in [5.41, 5.74) is 5.68. The molecule has 0 radical (unpaired) electrons. The van der Waals surface area contributed by atoms with Crippen LogP contribution in [0.25, 0.3) is 0 Å². The number of rotatable bonds is 2. The van der Waals surface area contributed by atoms with Crippen LogP contribution in [0.5, 0.6) is 0 Å².